The fourth-order valence-electron chi connectivity index (χ4n) is 1.58. The average molecular weight is 330 g/mol. The third-order valence-corrected chi connectivity index (χ3v) is 3.94. The summed E-state index contributed by atoms with van der Waals surface area (Å²) in [5, 5.41) is 3.43. The summed E-state index contributed by atoms with van der Waals surface area (Å²) in [6.45, 7) is 2.46. The van der Waals surface area contributed by atoms with Crippen molar-refractivity contribution in [2.45, 2.75) is 31.1 Å². The lowest BCUT2D eigenvalue weighted by Crippen LogP contribution is -2.26. The van der Waals surface area contributed by atoms with E-state index in [9.17, 15) is 9.59 Å². The Bertz CT molecular complexity index is 451. The highest BCUT2D eigenvalue weighted by molar-refractivity contribution is 7.99. The van der Waals surface area contributed by atoms with Crippen molar-refractivity contribution in [1.82, 2.24) is 5.32 Å². The molecule has 0 aromatic heterocycles. The fraction of sp³-hybridized carbons (Fsp3) is 0.467. The van der Waals surface area contributed by atoms with E-state index in [4.69, 9.17) is 16.3 Å². The summed E-state index contributed by atoms with van der Waals surface area (Å²) < 4.78 is 4.78. The quantitative estimate of drug-likeness (QED) is 0.429. The van der Waals surface area contributed by atoms with E-state index in [1.807, 2.05) is 24.3 Å². The van der Waals surface area contributed by atoms with Crippen molar-refractivity contribution in [3.63, 3.8) is 0 Å². The molecule has 0 spiro atoms. The van der Waals surface area contributed by atoms with E-state index in [1.54, 1.807) is 18.7 Å². The predicted molar refractivity (Wildman–Crippen MR) is 85.7 cm³/mol. The topological polar surface area (TPSA) is 55.4 Å². The van der Waals surface area contributed by atoms with Crippen LogP contribution in [0.3, 0.4) is 0 Å². The zero-order valence-electron chi connectivity index (χ0n) is 12.1. The van der Waals surface area contributed by atoms with Crippen molar-refractivity contribution in [2.24, 2.45) is 0 Å². The molecule has 116 valence electrons. The molecule has 4 nitrogen and oxygen atoms in total. The van der Waals surface area contributed by atoms with Gasteiger partial charge in [-0.25, -0.2) is 0 Å². The summed E-state index contributed by atoms with van der Waals surface area (Å²) in [7, 11) is 0. The molecule has 0 aliphatic rings. The molecule has 1 rings (SSSR count). The first kappa shape index (κ1) is 17.9. The van der Waals surface area contributed by atoms with E-state index in [2.05, 4.69) is 5.32 Å². The second kappa shape index (κ2) is 10.5. The van der Waals surface area contributed by atoms with Crippen molar-refractivity contribution in [3.8, 4) is 0 Å². The predicted octanol–water partition coefficient (Wildman–Crippen LogP) is 3.28. The van der Waals surface area contributed by atoms with Gasteiger partial charge in [-0.1, -0.05) is 11.6 Å². The summed E-state index contributed by atoms with van der Waals surface area (Å²) in [5.41, 5.74) is 0. The second-order valence-corrected chi connectivity index (χ2v) is 5.92. The molecule has 0 aliphatic heterocycles. The lowest BCUT2D eigenvalue weighted by Gasteiger charge is -2.05. The molecule has 0 unspecified atom stereocenters. The number of halogens is 1. The summed E-state index contributed by atoms with van der Waals surface area (Å²) >= 11 is 7.50. The number of amides is 1. The number of ether oxygens (including phenoxy) is 1. The van der Waals surface area contributed by atoms with Gasteiger partial charge in [-0.05, 0) is 43.4 Å². The molecule has 0 fully saturated rings. The first-order valence-corrected chi connectivity index (χ1v) is 8.29. The molecule has 0 saturated carbocycles. The number of nitrogens with one attached hydrogen (secondary N) is 1. The standard InChI is InChI=1S/C15H20ClNO3S/c1-2-20-15(19)9-10-17-14(18)4-3-11-21-13-7-5-12(16)6-8-13/h5-8H,2-4,9-11H2,1H3,(H,17,18). The Morgan fingerprint density at radius 1 is 1.24 bits per heavy atom. The molecule has 0 radical (unpaired) electrons. The Hall–Kier alpha value is -1.20. The highest BCUT2D eigenvalue weighted by Gasteiger charge is 2.04. The molecule has 0 atom stereocenters. The van der Waals surface area contributed by atoms with Crippen molar-refractivity contribution >= 4 is 35.2 Å². The largest absolute Gasteiger partial charge is 0.466 e. The van der Waals surface area contributed by atoms with Crippen LogP contribution in [-0.4, -0.2) is 30.8 Å². The lowest BCUT2D eigenvalue weighted by atomic mass is 10.3. The summed E-state index contributed by atoms with van der Waals surface area (Å²) in [6, 6.07) is 7.64. The summed E-state index contributed by atoms with van der Waals surface area (Å²) in [6.07, 6.45) is 1.47. The molecule has 6 heteroatoms. The van der Waals surface area contributed by atoms with E-state index in [0.29, 0.717) is 19.6 Å². The minimum Gasteiger partial charge on any atom is -0.466 e. The molecular weight excluding hydrogens is 310 g/mol. The number of hydrogen-bond donors (Lipinski definition) is 1. The number of thioether (sulfide) groups is 1. The summed E-state index contributed by atoms with van der Waals surface area (Å²) in [5.74, 6) is 0.555. The van der Waals surface area contributed by atoms with Crippen LogP contribution < -0.4 is 5.32 Å². The third kappa shape index (κ3) is 8.63. The first-order valence-electron chi connectivity index (χ1n) is 6.92. The van der Waals surface area contributed by atoms with Crippen molar-refractivity contribution in [2.75, 3.05) is 18.9 Å². The SMILES string of the molecule is CCOC(=O)CCNC(=O)CCCSc1ccc(Cl)cc1. The van der Waals surface area contributed by atoms with Crippen molar-refractivity contribution in [3.05, 3.63) is 29.3 Å². The van der Waals surface area contributed by atoms with Crippen LogP contribution in [0.25, 0.3) is 0 Å². The normalized spacial score (nSPS) is 10.2. The zero-order chi connectivity index (χ0) is 15.5. The fourth-order valence-corrected chi connectivity index (χ4v) is 2.56. The van der Waals surface area contributed by atoms with E-state index >= 15 is 0 Å². The maximum absolute atomic E-state index is 11.5. The molecule has 1 amide bonds. The molecule has 0 aliphatic carbocycles. The number of hydrogen-bond acceptors (Lipinski definition) is 4. The van der Waals surface area contributed by atoms with Gasteiger partial charge >= 0.3 is 5.97 Å². The molecule has 0 heterocycles. The van der Waals surface area contributed by atoms with E-state index in [-0.39, 0.29) is 18.3 Å². The van der Waals surface area contributed by atoms with Gasteiger partial charge in [-0.3, -0.25) is 9.59 Å². The van der Waals surface area contributed by atoms with Crippen LogP contribution in [0.15, 0.2) is 29.2 Å². The Kier molecular flexibility index (Phi) is 8.94. The van der Waals surface area contributed by atoms with Gasteiger partial charge < -0.3 is 10.1 Å². The molecule has 0 saturated heterocycles. The van der Waals surface area contributed by atoms with E-state index < -0.39 is 0 Å². The third-order valence-electron chi connectivity index (χ3n) is 2.59. The number of esters is 1. The minimum absolute atomic E-state index is 0.0315. The maximum Gasteiger partial charge on any atom is 0.307 e. The van der Waals surface area contributed by atoms with Gasteiger partial charge in [0.15, 0.2) is 0 Å². The van der Waals surface area contributed by atoms with Gasteiger partial charge in [-0.15, -0.1) is 11.8 Å². The van der Waals surface area contributed by atoms with Gasteiger partial charge in [-0.2, -0.15) is 0 Å². The number of rotatable bonds is 9. The van der Waals surface area contributed by atoms with Crippen molar-refractivity contribution < 1.29 is 14.3 Å². The minimum atomic E-state index is -0.281. The van der Waals surface area contributed by atoms with Gasteiger partial charge in [0.05, 0.1) is 13.0 Å². The second-order valence-electron chi connectivity index (χ2n) is 4.31. The van der Waals surface area contributed by atoms with Crippen LogP contribution in [0.5, 0.6) is 0 Å². The Labute approximate surface area is 134 Å². The number of carbonyl (C=O) groups excluding carboxylic acids is 2. The maximum atomic E-state index is 11.5. The van der Waals surface area contributed by atoms with Crippen molar-refractivity contribution in [1.29, 1.82) is 0 Å². The van der Waals surface area contributed by atoms with Crippen LogP contribution in [0, 0.1) is 0 Å². The first-order chi connectivity index (χ1) is 10.1. The Balaban J connectivity index is 2.05. The Morgan fingerprint density at radius 3 is 2.62 bits per heavy atom. The molecular formula is C15H20ClNO3S. The molecule has 1 aromatic rings. The zero-order valence-corrected chi connectivity index (χ0v) is 13.6. The van der Waals surface area contributed by atoms with Gasteiger partial charge in [0.2, 0.25) is 5.91 Å². The highest BCUT2D eigenvalue weighted by atomic mass is 35.5. The molecule has 21 heavy (non-hydrogen) atoms. The van der Waals surface area contributed by atoms with E-state index in [1.165, 1.54) is 0 Å². The highest BCUT2D eigenvalue weighted by Crippen LogP contribution is 2.21. The molecule has 1 N–H and O–H groups in total. The van der Waals surface area contributed by atoms with Gasteiger partial charge in [0.25, 0.3) is 0 Å². The van der Waals surface area contributed by atoms with Gasteiger partial charge in [0, 0.05) is 22.9 Å². The van der Waals surface area contributed by atoms with E-state index in [0.717, 1.165) is 22.1 Å². The number of benzene rings is 1. The van der Waals surface area contributed by atoms with Crippen LogP contribution in [0.1, 0.15) is 26.2 Å². The Morgan fingerprint density at radius 2 is 1.95 bits per heavy atom. The smallest absolute Gasteiger partial charge is 0.307 e. The van der Waals surface area contributed by atoms with Crippen LogP contribution >= 0.6 is 23.4 Å². The lowest BCUT2D eigenvalue weighted by molar-refractivity contribution is -0.143. The average Bonchev–Trinajstić information content (AvgIpc) is 2.46. The summed E-state index contributed by atoms with van der Waals surface area (Å²) in [4.78, 5) is 23.8. The van der Waals surface area contributed by atoms with Gasteiger partial charge in [0.1, 0.15) is 0 Å². The monoisotopic (exact) mass is 329 g/mol. The molecule has 0 bridgehead atoms. The van der Waals surface area contributed by atoms with Crippen LogP contribution in [-0.2, 0) is 14.3 Å². The van der Waals surface area contributed by atoms with Crippen LogP contribution in [0.4, 0.5) is 0 Å². The van der Waals surface area contributed by atoms with Crippen LogP contribution in [0.2, 0.25) is 5.02 Å². The molecule has 1 aromatic carbocycles. The number of carbonyl (C=O) groups is 2.